The van der Waals surface area contributed by atoms with Crippen molar-refractivity contribution in [2.24, 2.45) is 0 Å². The number of rotatable bonds is 5. The van der Waals surface area contributed by atoms with E-state index in [2.05, 4.69) is 10.6 Å². The van der Waals surface area contributed by atoms with Crippen LogP contribution in [0.5, 0.6) is 0 Å². The lowest BCUT2D eigenvalue weighted by molar-refractivity contribution is -0.116. The van der Waals surface area contributed by atoms with E-state index in [1.54, 1.807) is 43.3 Å². The molecule has 6 nitrogen and oxygen atoms in total. The van der Waals surface area contributed by atoms with Crippen molar-refractivity contribution in [1.29, 1.82) is 0 Å². The lowest BCUT2D eigenvalue weighted by Gasteiger charge is -2.10. The van der Waals surface area contributed by atoms with Crippen molar-refractivity contribution >= 4 is 29.2 Å². The molecule has 0 atom stereocenters. The quantitative estimate of drug-likeness (QED) is 0.787. The van der Waals surface area contributed by atoms with Gasteiger partial charge in [-0.05, 0) is 36.8 Å². The number of nitrogens with one attached hydrogen (secondary N) is 2. The van der Waals surface area contributed by atoms with Gasteiger partial charge >= 0.3 is 5.97 Å². The molecule has 0 unspecified atom stereocenters. The number of carboxylic acid groups (broad SMARTS) is 1. The van der Waals surface area contributed by atoms with Crippen molar-refractivity contribution in [1.82, 2.24) is 0 Å². The predicted molar refractivity (Wildman–Crippen MR) is 91.2 cm³/mol. The number of amides is 2. The van der Waals surface area contributed by atoms with E-state index in [9.17, 15) is 19.5 Å². The molecule has 2 aromatic carbocycles. The summed E-state index contributed by atoms with van der Waals surface area (Å²) in [6, 6.07) is 11.7. The van der Waals surface area contributed by atoms with E-state index in [1.165, 1.54) is 13.0 Å². The van der Waals surface area contributed by atoms with Crippen LogP contribution in [0.15, 0.2) is 42.5 Å². The van der Waals surface area contributed by atoms with E-state index < -0.39 is 5.97 Å². The zero-order valence-electron chi connectivity index (χ0n) is 13.4. The van der Waals surface area contributed by atoms with Crippen molar-refractivity contribution in [2.75, 3.05) is 10.6 Å². The summed E-state index contributed by atoms with van der Waals surface area (Å²) in [6.45, 7) is 3.21. The number of carbonyl (C=O) groups excluding carboxylic acids is 2. The molecule has 0 aliphatic rings. The molecule has 2 amide bonds. The molecule has 124 valence electrons. The highest BCUT2D eigenvalue weighted by Gasteiger charge is 2.13. The Hall–Kier alpha value is -3.15. The molecule has 24 heavy (non-hydrogen) atoms. The Morgan fingerprint density at radius 2 is 1.67 bits per heavy atom. The first kappa shape index (κ1) is 17.2. The third-order valence-electron chi connectivity index (χ3n) is 3.32. The van der Waals surface area contributed by atoms with Gasteiger partial charge in [-0.3, -0.25) is 9.59 Å². The first-order valence-corrected chi connectivity index (χ1v) is 7.35. The molecule has 0 aromatic heterocycles. The fraction of sp³-hybridized carbons (Fsp3) is 0.167. The Balaban J connectivity index is 2.06. The highest BCUT2D eigenvalue weighted by Crippen LogP contribution is 2.18. The summed E-state index contributed by atoms with van der Waals surface area (Å²) < 4.78 is 0. The SMILES string of the molecule is CC(=O)Nc1ccc(CC(=O)Nc2ccc(C)cc2C(=O)O)cc1. The second-order valence-corrected chi connectivity index (χ2v) is 5.46. The molecule has 0 radical (unpaired) electrons. The maximum absolute atomic E-state index is 12.1. The van der Waals surface area contributed by atoms with Gasteiger partial charge in [-0.15, -0.1) is 0 Å². The number of carboxylic acids is 1. The third kappa shape index (κ3) is 4.67. The molecule has 0 spiro atoms. The number of aryl methyl sites for hydroxylation is 1. The zero-order chi connectivity index (χ0) is 17.7. The fourth-order valence-corrected chi connectivity index (χ4v) is 2.23. The van der Waals surface area contributed by atoms with Gasteiger partial charge in [0.25, 0.3) is 0 Å². The van der Waals surface area contributed by atoms with Gasteiger partial charge in [0.1, 0.15) is 0 Å². The van der Waals surface area contributed by atoms with Gasteiger partial charge in [-0.1, -0.05) is 23.8 Å². The average molecular weight is 326 g/mol. The van der Waals surface area contributed by atoms with E-state index in [4.69, 9.17) is 0 Å². The summed E-state index contributed by atoms with van der Waals surface area (Å²) in [7, 11) is 0. The van der Waals surface area contributed by atoms with Crippen LogP contribution in [0.1, 0.15) is 28.4 Å². The summed E-state index contributed by atoms with van der Waals surface area (Å²) in [5, 5.41) is 14.5. The summed E-state index contributed by atoms with van der Waals surface area (Å²) in [4.78, 5) is 34.4. The van der Waals surface area contributed by atoms with Crippen molar-refractivity contribution in [3.05, 3.63) is 59.2 Å². The maximum atomic E-state index is 12.1. The van der Waals surface area contributed by atoms with E-state index in [-0.39, 0.29) is 29.5 Å². The Kier molecular flexibility index (Phi) is 5.31. The number of hydrogen-bond acceptors (Lipinski definition) is 3. The van der Waals surface area contributed by atoms with E-state index in [0.717, 1.165) is 11.1 Å². The van der Waals surface area contributed by atoms with Crippen molar-refractivity contribution < 1.29 is 19.5 Å². The van der Waals surface area contributed by atoms with E-state index >= 15 is 0 Å². The molecule has 0 saturated carbocycles. The molecule has 6 heteroatoms. The molecular weight excluding hydrogens is 308 g/mol. The normalized spacial score (nSPS) is 10.1. The van der Waals surface area contributed by atoms with Crippen LogP contribution in [0.3, 0.4) is 0 Å². The van der Waals surface area contributed by atoms with Crippen molar-refractivity contribution in [3.63, 3.8) is 0 Å². The third-order valence-corrected chi connectivity index (χ3v) is 3.32. The maximum Gasteiger partial charge on any atom is 0.337 e. The van der Waals surface area contributed by atoms with Gasteiger partial charge in [0.15, 0.2) is 0 Å². The average Bonchev–Trinajstić information content (AvgIpc) is 2.50. The topological polar surface area (TPSA) is 95.5 Å². The summed E-state index contributed by atoms with van der Waals surface area (Å²) in [5.41, 5.74) is 2.54. The van der Waals surface area contributed by atoms with Crippen LogP contribution in [0, 0.1) is 6.92 Å². The van der Waals surface area contributed by atoms with Gasteiger partial charge in [0.2, 0.25) is 11.8 Å². The van der Waals surface area contributed by atoms with Gasteiger partial charge in [0.05, 0.1) is 17.7 Å². The lowest BCUT2D eigenvalue weighted by atomic mass is 10.1. The minimum atomic E-state index is -1.09. The van der Waals surface area contributed by atoms with E-state index in [1.807, 2.05) is 0 Å². The highest BCUT2D eigenvalue weighted by atomic mass is 16.4. The van der Waals surface area contributed by atoms with Crippen LogP contribution in [0.2, 0.25) is 0 Å². The van der Waals surface area contributed by atoms with Gasteiger partial charge in [-0.2, -0.15) is 0 Å². The fourth-order valence-electron chi connectivity index (χ4n) is 2.23. The Labute approximate surface area is 139 Å². The zero-order valence-corrected chi connectivity index (χ0v) is 13.4. The van der Waals surface area contributed by atoms with Gasteiger partial charge in [0, 0.05) is 12.6 Å². The lowest BCUT2D eigenvalue weighted by Crippen LogP contribution is -2.17. The monoisotopic (exact) mass is 326 g/mol. The predicted octanol–water partition coefficient (Wildman–Crippen LogP) is 2.83. The smallest absolute Gasteiger partial charge is 0.337 e. The second-order valence-electron chi connectivity index (χ2n) is 5.46. The highest BCUT2D eigenvalue weighted by molar-refractivity contribution is 6.01. The molecule has 0 aliphatic heterocycles. The first-order chi connectivity index (χ1) is 11.3. The van der Waals surface area contributed by atoms with Crippen LogP contribution in [0.4, 0.5) is 11.4 Å². The molecule has 0 heterocycles. The standard InChI is InChI=1S/C18H18N2O4/c1-11-3-8-16(15(9-11)18(23)24)20-17(22)10-13-4-6-14(7-5-13)19-12(2)21/h3-9H,10H2,1-2H3,(H,19,21)(H,20,22)(H,23,24). The number of carbonyl (C=O) groups is 3. The van der Waals surface area contributed by atoms with E-state index in [0.29, 0.717) is 5.69 Å². The van der Waals surface area contributed by atoms with Crippen LogP contribution in [-0.4, -0.2) is 22.9 Å². The summed E-state index contributed by atoms with van der Waals surface area (Å²) >= 11 is 0. The minimum absolute atomic E-state index is 0.0596. The molecule has 0 saturated heterocycles. The first-order valence-electron chi connectivity index (χ1n) is 7.35. The Bertz CT molecular complexity index is 782. The molecular formula is C18H18N2O4. The Morgan fingerprint density at radius 1 is 1.00 bits per heavy atom. The molecule has 3 N–H and O–H groups in total. The number of aromatic carboxylic acids is 1. The molecule has 0 aliphatic carbocycles. The number of hydrogen-bond donors (Lipinski definition) is 3. The molecule has 0 fully saturated rings. The van der Waals surface area contributed by atoms with Crippen LogP contribution in [0.25, 0.3) is 0 Å². The van der Waals surface area contributed by atoms with Crippen LogP contribution >= 0.6 is 0 Å². The number of benzene rings is 2. The van der Waals surface area contributed by atoms with Crippen molar-refractivity contribution in [2.45, 2.75) is 20.3 Å². The molecule has 2 aromatic rings. The molecule has 0 bridgehead atoms. The Morgan fingerprint density at radius 3 is 2.25 bits per heavy atom. The minimum Gasteiger partial charge on any atom is -0.478 e. The van der Waals surface area contributed by atoms with Crippen molar-refractivity contribution in [3.8, 4) is 0 Å². The van der Waals surface area contributed by atoms with Crippen LogP contribution < -0.4 is 10.6 Å². The summed E-state index contributed by atoms with van der Waals surface area (Å²) in [6.07, 6.45) is 0.104. The number of anilines is 2. The van der Waals surface area contributed by atoms with Gasteiger partial charge in [-0.25, -0.2) is 4.79 Å². The molecule has 2 rings (SSSR count). The summed E-state index contributed by atoms with van der Waals surface area (Å²) in [5.74, 6) is -1.57. The van der Waals surface area contributed by atoms with Crippen LogP contribution in [-0.2, 0) is 16.0 Å². The second kappa shape index (κ2) is 7.41. The largest absolute Gasteiger partial charge is 0.478 e. The van der Waals surface area contributed by atoms with Gasteiger partial charge < -0.3 is 15.7 Å².